The molecule has 1 saturated heterocycles. The predicted octanol–water partition coefficient (Wildman–Crippen LogP) is -3.07. The van der Waals surface area contributed by atoms with Gasteiger partial charge in [-0.05, 0) is 76.7 Å². The van der Waals surface area contributed by atoms with Gasteiger partial charge in [-0.1, -0.05) is 41.5 Å². The summed E-state index contributed by atoms with van der Waals surface area (Å²) in [4.78, 5) is 117. The van der Waals surface area contributed by atoms with Gasteiger partial charge in [0.15, 0.2) is 6.04 Å². The number of unbranched alkanes of at least 4 members (excludes halogenated alkanes) is 1. The average molecular weight is 841 g/mol. The molecule has 21 nitrogen and oxygen atoms in total. The summed E-state index contributed by atoms with van der Waals surface area (Å²) in [5, 5.41) is 36.2. The number of carboxylic acid groups (broad SMARTS) is 1. The van der Waals surface area contributed by atoms with E-state index in [0.717, 1.165) is 0 Å². The second-order valence-corrected chi connectivity index (χ2v) is 16.1. The van der Waals surface area contributed by atoms with Gasteiger partial charge in [-0.2, -0.15) is 0 Å². The lowest BCUT2D eigenvalue weighted by Crippen LogP contribution is -2.59. The Balaban J connectivity index is 2.90. The van der Waals surface area contributed by atoms with Crippen molar-refractivity contribution in [3.63, 3.8) is 0 Å². The summed E-state index contributed by atoms with van der Waals surface area (Å²) < 4.78 is 0. The van der Waals surface area contributed by atoms with Crippen LogP contribution in [0, 0.1) is 17.8 Å². The number of nitrogens with zero attached hydrogens (tertiary/aromatic N) is 1. The number of carbonyl (C=O) groups is 9. The van der Waals surface area contributed by atoms with Crippen LogP contribution in [0.25, 0.3) is 0 Å². The topological polar surface area (TPSA) is 334 Å². The second-order valence-electron chi connectivity index (χ2n) is 16.1. The molecule has 1 rings (SSSR count). The fourth-order valence-electron chi connectivity index (χ4n) is 6.25. The summed E-state index contributed by atoms with van der Waals surface area (Å²) in [6, 6.07) is -7.77. The van der Waals surface area contributed by atoms with E-state index in [1.54, 1.807) is 27.7 Å². The maximum Gasteiger partial charge on any atom is 0.328 e. The summed E-state index contributed by atoms with van der Waals surface area (Å²) >= 11 is 0. The van der Waals surface area contributed by atoms with E-state index in [1.807, 2.05) is 13.8 Å². The van der Waals surface area contributed by atoms with Gasteiger partial charge in [0, 0.05) is 6.54 Å². The van der Waals surface area contributed by atoms with Gasteiger partial charge >= 0.3 is 5.97 Å². The Bertz CT molecular complexity index is 1480. The smallest absolute Gasteiger partial charge is 0.328 e. The zero-order chi connectivity index (χ0) is 45.1. The van der Waals surface area contributed by atoms with Gasteiger partial charge in [0.2, 0.25) is 47.3 Å². The third kappa shape index (κ3) is 17.9. The third-order valence-corrected chi connectivity index (χ3v) is 9.67. The van der Waals surface area contributed by atoms with Crippen LogP contribution in [-0.4, -0.2) is 143 Å². The summed E-state index contributed by atoms with van der Waals surface area (Å²) in [5.41, 5.74) is 11.6. The van der Waals surface area contributed by atoms with E-state index in [1.165, 1.54) is 18.7 Å². The number of hydrogen-bond donors (Lipinski definition) is 11. The van der Waals surface area contributed by atoms with E-state index in [-0.39, 0.29) is 31.2 Å². The molecule has 1 aliphatic heterocycles. The normalized spacial score (nSPS) is 17.5. The molecule has 13 N–H and O–H groups in total. The van der Waals surface area contributed by atoms with Crippen LogP contribution in [0.4, 0.5) is 0 Å². The quantitative estimate of drug-likeness (QED) is 0.0407. The Morgan fingerprint density at radius 1 is 0.695 bits per heavy atom. The van der Waals surface area contributed by atoms with Crippen LogP contribution in [0.5, 0.6) is 0 Å². The van der Waals surface area contributed by atoms with Crippen LogP contribution >= 0.6 is 0 Å². The van der Waals surface area contributed by atoms with Gasteiger partial charge in [-0.3, -0.25) is 38.4 Å². The molecule has 336 valence electrons. The molecule has 1 heterocycles. The van der Waals surface area contributed by atoms with E-state index in [0.29, 0.717) is 32.2 Å². The maximum absolute atomic E-state index is 13.5. The fraction of sp³-hybridized carbons (Fsp3) is 0.763. The lowest BCUT2D eigenvalue weighted by atomic mass is 9.98. The van der Waals surface area contributed by atoms with Crippen molar-refractivity contribution in [2.45, 2.75) is 142 Å². The number of nitrogens with one attached hydrogen (secondary N) is 7. The lowest BCUT2D eigenvalue weighted by molar-refractivity contribution is -0.145. The number of aliphatic hydroxyl groups excluding tert-OH is 1. The number of aliphatic carboxylic acids is 1. The molecule has 0 bridgehead atoms. The lowest BCUT2D eigenvalue weighted by Gasteiger charge is -2.29. The zero-order valence-corrected chi connectivity index (χ0v) is 35.6. The molecule has 0 saturated carbocycles. The monoisotopic (exact) mass is 841 g/mol. The minimum atomic E-state index is -1.61. The Kier molecular flexibility index (Phi) is 22.6. The van der Waals surface area contributed by atoms with Gasteiger partial charge in [-0.15, -0.1) is 0 Å². The summed E-state index contributed by atoms with van der Waals surface area (Å²) in [7, 11) is 0. The molecule has 8 atom stereocenters. The molecule has 0 aromatic rings. The number of carboxylic acids is 1. The van der Waals surface area contributed by atoms with Gasteiger partial charge in [-0.25, -0.2) is 4.79 Å². The van der Waals surface area contributed by atoms with E-state index >= 15 is 0 Å². The van der Waals surface area contributed by atoms with Gasteiger partial charge in [0.05, 0.1) is 25.2 Å². The highest BCUT2D eigenvalue weighted by atomic mass is 16.4. The molecular formula is C38H68N10O11. The number of rotatable bonds is 25. The Hall–Kier alpha value is -4.89. The summed E-state index contributed by atoms with van der Waals surface area (Å²) in [6.45, 7) is 12.6. The molecule has 0 aliphatic carbocycles. The Morgan fingerprint density at radius 3 is 1.80 bits per heavy atom. The molecule has 0 spiro atoms. The summed E-state index contributed by atoms with van der Waals surface area (Å²) in [6.07, 6.45) is 0.871. The largest absolute Gasteiger partial charge is 0.480 e. The van der Waals surface area contributed by atoms with Crippen molar-refractivity contribution in [1.29, 1.82) is 0 Å². The molecule has 21 heteroatoms. The fourth-order valence-corrected chi connectivity index (χ4v) is 6.25. The van der Waals surface area contributed by atoms with E-state index in [4.69, 9.17) is 11.5 Å². The molecule has 0 radical (unpaired) electrons. The van der Waals surface area contributed by atoms with E-state index in [9.17, 15) is 53.4 Å². The Labute approximate surface area is 346 Å². The van der Waals surface area contributed by atoms with Crippen LogP contribution in [0.3, 0.4) is 0 Å². The summed E-state index contributed by atoms with van der Waals surface area (Å²) in [5.74, 6) is -7.36. The SMILES string of the molecule is CC(C)C[C@H](N)C(=O)N[C@H](C(=O)N[C@H](C(=O)NCC(=O)N1CCC[C@H]1C(=O)N[C@@H](CCCCN)C(=O)NCC(=O)N[C@@H](C)C(=O)N[C@H](C(=O)O)[C@@H](C)O)C(C)C)C(C)C. The maximum atomic E-state index is 13.5. The first-order valence-corrected chi connectivity index (χ1v) is 20.2. The first kappa shape index (κ1) is 52.1. The first-order valence-electron chi connectivity index (χ1n) is 20.2. The van der Waals surface area contributed by atoms with Crippen LogP contribution in [0.1, 0.15) is 93.9 Å². The zero-order valence-electron chi connectivity index (χ0n) is 35.6. The van der Waals surface area contributed by atoms with Crippen LogP contribution in [0.2, 0.25) is 0 Å². The van der Waals surface area contributed by atoms with Crippen molar-refractivity contribution in [2.75, 3.05) is 26.2 Å². The molecule has 1 fully saturated rings. The highest BCUT2D eigenvalue weighted by Gasteiger charge is 2.37. The number of nitrogens with two attached hydrogens (primary N) is 2. The third-order valence-electron chi connectivity index (χ3n) is 9.67. The van der Waals surface area contributed by atoms with Gasteiger partial charge in [0.25, 0.3) is 0 Å². The molecule has 8 amide bonds. The number of aliphatic hydroxyl groups is 1. The van der Waals surface area contributed by atoms with E-state index < -0.39 is 121 Å². The van der Waals surface area contributed by atoms with Crippen molar-refractivity contribution >= 4 is 53.2 Å². The highest BCUT2D eigenvalue weighted by Crippen LogP contribution is 2.18. The molecule has 1 aliphatic rings. The second kappa shape index (κ2) is 25.6. The van der Waals surface area contributed by atoms with Crippen LogP contribution in [-0.2, 0) is 43.2 Å². The molecule has 59 heavy (non-hydrogen) atoms. The van der Waals surface area contributed by atoms with Crippen molar-refractivity contribution in [2.24, 2.45) is 29.2 Å². The minimum absolute atomic E-state index is 0.149. The van der Waals surface area contributed by atoms with Crippen molar-refractivity contribution in [1.82, 2.24) is 42.1 Å². The molecule has 0 unspecified atom stereocenters. The molecular weight excluding hydrogens is 772 g/mol. The number of hydrogen-bond acceptors (Lipinski definition) is 12. The van der Waals surface area contributed by atoms with Crippen molar-refractivity contribution in [3.05, 3.63) is 0 Å². The average Bonchev–Trinajstić information content (AvgIpc) is 3.65. The first-order chi connectivity index (χ1) is 27.5. The van der Waals surface area contributed by atoms with Crippen LogP contribution in [0.15, 0.2) is 0 Å². The van der Waals surface area contributed by atoms with Crippen molar-refractivity contribution in [3.8, 4) is 0 Å². The van der Waals surface area contributed by atoms with Crippen molar-refractivity contribution < 1.29 is 53.4 Å². The Morgan fingerprint density at radius 2 is 1.25 bits per heavy atom. The number of amides is 8. The number of carbonyl (C=O) groups excluding carboxylic acids is 8. The van der Waals surface area contributed by atoms with Gasteiger partial charge < -0.3 is 63.8 Å². The highest BCUT2D eigenvalue weighted by molar-refractivity contribution is 5.97. The molecule has 0 aromatic heterocycles. The predicted molar refractivity (Wildman–Crippen MR) is 215 cm³/mol. The molecule has 0 aromatic carbocycles. The van der Waals surface area contributed by atoms with E-state index in [2.05, 4.69) is 37.2 Å². The standard InChI is InChI=1S/C38H68N10O11/c1-19(2)16-24(40)33(53)45-30(21(5)6)37(57)46-29(20(3)4)36(56)42-18-28(51)48-15-11-13-26(48)35(55)44-25(12-9-10-14-39)34(54)41-17-27(50)43-22(7)32(52)47-31(23(8)49)38(58)59/h19-26,29-31,49H,9-18,39-40H2,1-8H3,(H,41,54)(H,42,56)(H,43,50)(H,44,55)(H,45,53)(H,46,57)(H,47,52)(H,58,59)/t22-,23+,24-,25-,26-,29-,30-,31-/m0/s1. The number of likely N-dealkylation sites (tertiary alicyclic amines) is 1. The van der Waals surface area contributed by atoms with Crippen LogP contribution < -0.4 is 48.7 Å². The minimum Gasteiger partial charge on any atom is -0.480 e. The van der Waals surface area contributed by atoms with Gasteiger partial charge in [0.1, 0.15) is 30.2 Å².